The van der Waals surface area contributed by atoms with Crippen LogP contribution in [0, 0.1) is 0 Å². The average molecular weight is 337 g/mol. The number of methoxy groups -OCH3 is 3. The van der Waals surface area contributed by atoms with E-state index in [2.05, 4.69) is 15.0 Å². The fourth-order valence-corrected chi connectivity index (χ4v) is 2.27. The van der Waals surface area contributed by atoms with Crippen LogP contribution in [0.25, 0.3) is 0 Å². The van der Waals surface area contributed by atoms with E-state index >= 15 is 0 Å². The number of esters is 1. The normalized spacial score (nSPS) is 10.1. The number of pyridine rings is 1. The van der Waals surface area contributed by atoms with E-state index in [9.17, 15) is 4.79 Å². The molecule has 0 aliphatic carbocycles. The van der Waals surface area contributed by atoms with Crippen molar-refractivity contribution in [3.8, 4) is 11.6 Å². The minimum atomic E-state index is -0.506. The first-order chi connectivity index (χ1) is 11.1. The van der Waals surface area contributed by atoms with Gasteiger partial charge in [-0.25, -0.2) is 4.79 Å². The number of anilines is 1. The van der Waals surface area contributed by atoms with Crippen LogP contribution in [-0.2, 0) is 11.3 Å². The number of rotatable bonds is 6. The summed E-state index contributed by atoms with van der Waals surface area (Å²) in [7, 11) is 4.33. The number of halogens is 1. The lowest BCUT2D eigenvalue weighted by Gasteiger charge is -2.13. The third-order valence-electron chi connectivity index (χ3n) is 3.20. The van der Waals surface area contributed by atoms with Gasteiger partial charge in [-0.05, 0) is 24.3 Å². The van der Waals surface area contributed by atoms with Crippen LogP contribution in [0.4, 0.5) is 5.82 Å². The molecule has 0 aliphatic heterocycles. The van der Waals surface area contributed by atoms with Gasteiger partial charge in [0.2, 0.25) is 5.88 Å². The van der Waals surface area contributed by atoms with Gasteiger partial charge in [-0.1, -0.05) is 17.7 Å². The molecule has 1 aromatic carbocycles. The maximum absolute atomic E-state index is 11.6. The largest absolute Gasteiger partial charge is 0.496 e. The molecule has 0 aliphatic rings. The van der Waals surface area contributed by atoms with Crippen molar-refractivity contribution in [1.82, 2.24) is 4.98 Å². The van der Waals surface area contributed by atoms with Crippen LogP contribution in [0.5, 0.6) is 11.6 Å². The molecule has 2 rings (SSSR count). The number of carbonyl (C=O) groups is 1. The SMILES string of the molecule is COC(=O)c1ccc(NCc2c(Cl)cccc2OC)nc1OC. The number of nitrogens with zero attached hydrogens (tertiary/aromatic N) is 1. The topological polar surface area (TPSA) is 69.7 Å². The molecule has 0 bridgehead atoms. The highest BCUT2D eigenvalue weighted by molar-refractivity contribution is 6.31. The second-order valence-electron chi connectivity index (χ2n) is 4.52. The molecule has 0 spiro atoms. The summed E-state index contributed by atoms with van der Waals surface area (Å²) in [6, 6.07) is 8.69. The van der Waals surface area contributed by atoms with Gasteiger partial charge in [-0.3, -0.25) is 0 Å². The van der Waals surface area contributed by atoms with Crippen molar-refractivity contribution >= 4 is 23.4 Å². The van der Waals surface area contributed by atoms with Crippen LogP contribution in [0.2, 0.25) is 5.02 Å². The van der Waals surface area contributed by atoms with Crippen LogP contribution < -0.4 is 14.8 Å². The van der Waals surface area contributed by atoms with Gasteiger partial charge in [0.25, 0.3) is 0 Å². The van der Waals surface area contributed by atoms with Crippen LogP contribution in [0.3, 0.4) is 0 Å². The zero-order valence-corrected chi connectivity index (χ0v) is 13.8. The molecule has 0 fully saturated rings. The molecule has 0 saturated carbocycles. The molecule has 0 saturated heterocycles. The Morgan fingerprint density at radius 1 is 1.17 bits per heavy atom. The van der Waals surface area contributed by atoms with Gasteiger partial charge < -0.3 is 19.5 Å². The Bertz CT molecular complexity index is 706. The summed E-state index contributed by atoms with van der Waals surface area (Å²) in [5, 5.41) is 3.72. The molecule has 122 valence electrons. The highest BCUT2D eigenvalue weighted by atomic mass is 35.5. The Balaban J connectivity index is 2.20. The molecular formula is C16H17ClN2O4. The van der Waals surface area contributed by atoms with Crippen molar-refractivity contribution in [2.75, 3.05) is 26.6 Å². The van der Waals surface area contributed by atoms with Crippen LogP contribution in [0.1, 0.15) is 15.9 Å². The molecule has 7 heteroatoms. The fraction of sp³-hybridized carbons (Fsp3) is 0.250. The van der Waals surface area contributed by atoms with Gasteiger partial charge in [-0.2, -0.15) is 4.98 Å². The smallest absolute Gasteiger partial charge is 0.343 e. The quantitative estimate of drug-likeness (QED) is 0.817. The minimum absolute atomic E-state index is 0.188. The molecule has 23 heavy (non-hydrogen) atoms. The second kappa shape index (κ2) is 7.69. The highest BCUT2D eigenvalue weighted by Gasteiger charge is 2.15. The molecule has 0 unspecified atom stereocenters. The Morgan fingerprint density at radius 2 is 1.96 bits per heavy atom. The van der Waals surface area contributed by atoms with E-state index in [4.69, 9.17) is 21.1 Å². The lowest BCUT2D eigenvalue weighted by Crippen LogP contribution is -2.08. The molecule has 0 atom stereocenters. The van der Waals surface area contributed by atoms with E-state index in [1.807, 2.05) is 12.1 Å². The fourth-order valence-electron chi connectivity index (χ4n) is 2.04. The number of carbonyl (C=O) groups excluding carboxylic acids is 1. The third-order valence-corrected chi connectivity index (χ3v) is 3.56. The molecule has 1 heterocycles. The molecule has 2 aromatic rings. The first-order valence-corrected chi connectivity index (χ1v) is 7.17. The number of benzene rings is 1. The predicted molar refractivity (Wildman–Crippen MR) is 87.5 cm³/mol. The number of hydrogen-bond acceptors (Lipinski definition) is 6. The zero-order chi connectivity index (χ0) is 16.8. The monoisotopic (exact) mass is 336 g/mol. The van der Waals surface area contributed by atoms with E-state index < -0.39 is 5.97 Å². The van der Waals surface area contributed by atoms with Crippen molar-refractivity contribution in [2.45, 2.75) is 6.54 Å². The molecule has 0 radical (unpaired) electrons. The molecule has 0 amide bonds. The molecular weight excluding hydrogens is 320 g/mol. The Kier molecular flexibility index (Phi) is 5.65. The molecule has 6 nitrogen and oxygen atoms in total. The van der Waals surface area contributed by atoms with Crippen molar-refractivity contribution in [3.05, 3.63) is 46.5 Å². The summed E-state index contributed by atoms with van der Waals surface area (Å²) in [5.41, 5.74) is 1.07. The Hall–Kier alpha value is -2.47. The van der Waals surface area contributed by atoms with Gasteiger partial charge >= 0.3 is 5.97 Å². The number of hydrogen-bond donors (Lipinski definition) is 1. The zero-order valence-electron chi connectivity index (χ0n) is 13.1. The van der Waals surface area contributed by atoms with Gasteiger partial charge in [0.15, 0.2) is 0 Å². The molecule has 1 aromatic heterocycles. The predicted octanol–water partition coefficient (Wildman–Crippen LogP) is 3.15. The van der Waals surface area contributed by atoms with Gasteiger partial charge in [-0.15, -0.1) is 0 Å². The third kappa shape index (κ3) is 3.84. The van der Waals surface area contributed by atoms with Crippen molar-refractivity contribution in [1.29, 1.82) is 0 Å². The summed E-state index contributed by atoms with van der Waals surface area (Å²) in [6.07, 6.45) is 0. The summed E-state index contributed by atoms with van der Waals surface area (Å²) >= 11 is 6.19. The first-order valence-electron chi connectivity index (χ1n) is 6.79. The first kappa shape index (κ1) is 16.9. The van der Waals surface area contributed by atoms with Crippen LogP contribution in [-0.4, -0.2) is 32.3 Å². The summed E-state index contributed by atoms with van der Waals surface area (Å²) in [4.78, 5) is 15.9. The van der Waals surface area contributed by atoms with Gasteiger partial charge in [0, 0.05) is 17.1 Å². The van der Waals surface area contributed by atoms with Crippen molar-refractivity contribution < 1.29 is 19.0 Å². The minimum Gasteiger partial charge on any atom is -0.496 e. The summed E-state index contributed by atoms with van der Waals surface area (Å²) in [6.45, 7) is 0.413. The molecule has 1 N–H and O–H groups in total. The summed E-state index contributed by atoms with van der Waals surface area (Å²) in [5.74, 6) is 0.904. The number of aromatic nitrogens is 1. The highest BCUT2D eigenvalue weighted by Crippen LogP contribution is 2.27. The maximum Gasteiger partial charge on any atom is 0.343 e. The number of ether oxygens (including phenoxy) is 3. The van der Waals surface area contributed by atoms with Gasteiger partial charge in [0.05, 0.1) is 21.3 Å². The van der Waals surface area contributed by atoms with E-state index in [-0.39, 0.29) is 11.4 Å². The lowest BCUT2D eigenvalue weighted by molar-refractivity contribution is 0.0596. The summed E-state index contributed by atoms with van der Waals surface area (Å²) < 4.78 is 15.1. The average Bonchev–Trinajstić information content (AvgIpc) is 2.59. The number of nitrogens with one attached hydrogen (secondary N) is 1. The Labute approximate surface area is 139 Å². The van der Waals surface area contributed by atoms with E-state index in [1.54, 1.807) is 25.3 Å². The van der Waals surface area contributed by atoms with Crippen molar-refractivity contribution in [3.63, 3.8) is 0 Å². The maximum atomic E-state index is 11.6. The van der Waals surface area contributed by atoms with E-state index in [1.165, 1.54) is 14.2 Å². The lowest BCUT2D eigenvalue weighted by atomic mass is 10.2. The van der Waals surface area contributed by atoms with Gasteiger partial charge in [0.1, 0.15) is 17.1 Å². The second-order valence-corrected chi connectivity index (χ2v) is 4.93. The van der Waals surface area contributed by atoms with E-state index in [0.717, 1.165) is 5.56 Å². The Morgan fingerprint density at radius 3 is 2.61 bits per heavy atom. The van der Waals surface area contributed by atoms with Crippen LogP contribution in [0.15, 0.2) is 30.3 Å². The van der Waals surface area contributed by atoms with Crippen LogP contribution >= 0.6 is 11.6 Å². The van der Waals surface area contributed by atoms with Crippen molar-refractivity contribution in [2.24, 2.45) is 0 Å². The van der Waals surface area contributed by atoms with E-state index in [0.29, 0.717) is 23.1 Å². The standard InChI is InChI=1S/C16H17ClN2O4/c1-21-13-6-4-5-12(17)11(13)9-18-14-8-7-10(16(20)23-3)15(19-14)22-2/h4-8H,9H2,1-3H3,(H,18,19).